The van der Waals surface area contributed by atoms with Crippen molar-refractivity contribution in [2.45, 2.75) is 0 Å². The summed E-state index contributed by atoms with van der Waals surface area (Å²) in [7, 11) is 1.62. The molecule has 0 fully saturated rings. The Labute approximate surface area is 134 Å². The van der Waals surface area contributed by atoms with E-state index in [1.54, 1.807) is 13.2 Å². The van der Waals surface area contributed by atoms with Gasteiger partial charge in [0.1, 0.15) is 17.9 Å². The van der Waals surface area contributed by atoms with Crippen molar-refractivity contribution in [3.8, 4) is 17.0 Å². The average Bonchev–Trinajstić information content (AvgIpc) is 2.62. The number of anilines is 2. The number of carbonyl (C=O) groups excluding carboxylic acids is 1. The summed E-state index contributed by atoms with van der Waals surface area (Å²) in [5, 5.41) is 3.15. The highest BCUT2D eigenvalue weighted by atomic mass is 16.5. The van der Waals surface area contributed by atoms with Crippen LogP contribution in [0.3, 0.4) is 0 Å². The largest absolute Gasteiger partial charge is 0.496 e. The average molecular weight is 305 g/mol. The number of rotatable bonds is 5. The van der Waals surface area contributed by atoms with E-state index in [1.165, 1.54) is 6.33 Å². The quantitative estimate of drug-likeness (QED) is 0.728. The van der Waals surface area contributed by atoms with Crippen LogP contribution in [-0.2, 0) is 0 Å². The molecule has 0 saturated carbocycles. The minimum absolute atomic E-state index is 0.574. The first kappa shape index (κ1) is 14.7. The van der Waals surface area contributed by atoms with Gasteiger partial charge in [-0.05, 0) is 24.3 Å². The van der Waals surface area contributed by atoms with Crippen LogP contribution >= 0.6 is 0 Å². The first-order chi connectivity index (χ1) is 11.3. The number of methoxy groups -OCH3 is 1. The van der Waals surface area contributed by atoms with Crippen molar-refractivity contribution in [3.05, 3.63) is 66.5 Å². The van der Waals surface area contributed by atoms with E-state index in [1.807, 2.05) is 48.5 Å². The number of nitrogens with one attached hydrogen (secondary N) is 1. The Morgan fingerprint density at radius 3 is 2.65 bits per heavy atom. The number of hydrogen-bond donors (Lipinski definition) is 1. The number of ether oxygens (including phenoxy) is 1. The number of para-hydroxylation sites is 2. The van der Waals surface area contributed by atoms with Gasteiger partial charge in [-0.25, -0.2) is 9.97 Å². The van der Waals surface area contributed by atoms with Crippen LogP contribution in [0.5, 0.6) is 5.75 Å². The smallest absolute Gasteiger partial charge is 0.152 e. The van der Waals surface area contributed by atoms with Crippen molar-refractivity contribution in [3.63, 3.8) is 0 Å². The molecule has 0 aliphatic carbocycles. The first-order valence-electron chi connectivity index (χ1n) is 7.08. The lowest BCUT2D eigenvalue weighted by molar-refractivity contribution is 0.112. The van der Waals surface area contributed by atoms with Gasteiger partial charge in [-0.3, -0.25) is 4.79 Å². The predicted molar refractivity (Wildman–Crippen MR) is 89.1 cm³/mol. The van der Waals surface area contributed by atoms with Crippen molar-refractivity contribution in [2.24, 2.45) is 0 Å². The molecular weight excluding hydrogens is 290 g/mol. The molecule has 23 heavy (non-hydrogen) atoms. The lowest BCUT2D eigenvalue weighted by atomic mass is 10.1. The fourth-order valence-corrected chi connectivity index (χ4v) is 2.28. The van der Waals surface area contributed by atoms with Crippen LogP contribution < -0.4 is 10.1 Å². The van der Waals surface area contributed by atoms with Gasteiger partial charge >= 0.3 is 0 Å². The van der Waals surface area contributed by atoms with E-state index in [-0.39, 0.29) is 0 Å². The fourth-order valence-electron chi connectivity index (χ4n) is 2.28. The van der Waals surface area contributed by atoms with Crippen LogP contribution in [0.4, 0.5) is 11.5 Å². The molecule has 1 heterocycles. The molecule has 2 aromatic carbocycles. The minimum atomic E-state index is 0.574. The summed E-state index contributed by atoms with van der Waals surface area (Å²) in [6, 6.07) is 16.7. The normalized spacial score (nSPS) is 10.1. The Morgan fingerprint density at radius 1 is 1.04 bits per heavy atom. The van der Waals surface area contributed by atoms with Crippen LogP contribution in [0.2, 0.25) is 0 Å². The molecular formula is C18H15N3O2. The highest BCUT2D eigenvalue weighted by molar-refractivity contribution is 5.85. The van der Waals surface area contributed by atoms with Gasteiger partial charge in [0.15, 0.2) is 6.29 Å². The van der Waals surface area contributed by atoms with E-state index in [0.29, 0.717) is 17.1 Å². The summed E-state index contributed by atoms with van der Waals surface area (Å²) < 4.78 is 5.37. The maximum absolute atomic E-state index is 11.1. The van der Waals surface area contributed by atoms with E-state index in [2.05, 4.69) is 15.3 Å². The van der Waals surface area contributed by atoms with Gasteiger partial charge in [0, 0.05) is 17.2 Å². The summed E-state index contributed by atoms with van der Waals surface area (Å²) in [6.07, 6.45) is 2.29. The van der Waals surface area contributed by atoms with Crippen molar-refractivity contribution in [2.75, 3.05) is 12.4 Å². The number of benzene rings is 2. The number of hydrogen-bond acceptors (Lipinski definition) is 5. The van der Waals surface area contributed by atoms with Crippen LogP contribution in [0.25, 0.3) is 11.3 Å². The molecule has 0 radical (unpaired) electrons. The molecule has 1 aromatic heterocycles. The number of nitrogens with zero attached hydrogens (tertiary/aromatic N) is 2. The van der Waals surface area contributed by atoms with E-state index in [0.717, 1.165) is 23.3 Å². The Hall–Kier alpha value is -3.21. The molecule has 5 heteroatoms. The van der Waals surface area contributed by atoms with Crippen molar-refractivity contribution in [1.29, 1.82) is 0 Å². The third-order valence-corrected chi connectivity index (χ3v) is 3.40. The highest BCUT2D eigenvalue weighted by Crippen LogP contribution is 2.29. The Morgan fingerprint density at radius 2 is 1.83 bits per heavy atom. The number of carbonyl (C=O) groups is 1. The molecule has 0 atom stereocenters. The van der Waals surface area contributed by atoms with Gasteiger partial charge < -0.3 is 10.1 Å². The van der Waals surface area contributed by atoms with Gasteiger partial charge in [-0.2, -0.15) is 0 Å². The minimum Gasteiger partial charge on any atom is -0.496 e. The summed E-state index contributed by atoms with van der Waals surface area (Å²) in [5.74, 6) is 1.35. The van der Waals surface area contributed by atoms with E-state index in [9.17, 15) is 4.79 Å². The zero-order valence-corrected chi connectivity index (χ0v) is 12.6. The van der Waals surface area contributed by atoms with E-state index >= 15 is 0 Å². The topological polar surface area (TPSA) is 64.1 Å². The zero-order valence-electron chi connectivity index (χ0n) is 12.6. The first-order valence-corrected chi connectivity index (χ1v) is 7.08. The summed E-state index contributed by atoms with van der Waals surface area (Å²) >= 11 is 0. The molecule has 0 aliphatic rings. The number of aldehydes is 1. The molecule has 3 rings (SSSR count). The van der Waals surface area contributed by atoms with Gasteiger partial charge in [0.05, 0.1) is 18.5 Å². The molecule has 0 unspecified atom stereocenters. The highest BCUT2D eigenvalue weighted by Gasteiger charge is 2.08. The SMILES string of the molecule is COc1ccccc1-c1cc(Nc2ccccc2C=O)ncn1. The fraction of sp³-hybridized carbons (Fsp3) is 0.0556. The molecule has 5 nitrogen and oxygen atoms in total. The molecule has 3 aromatic rings. The van der Waals surface area contributed by atoms with Crippen LogP contribution in [-0.4, -0.2) is 23.4 Å². The third-order valence-electron chi connectivity index (χ3n) is 3.40. The van der Waals surface area contributed by atoms with Gasteiger partial charge in [-0.1, -0.05) is 24.3 Å². The summed E-state index contributed by atoms with van der Waals surface area (Å²) in [5.41, 5.74) is 2.89. The maximum Gasteiger partial charge on any atom is 0.152 e. The molecule has 0 amide bonds. The van der Waals surface area contributed by atoms with E-state index in [4.69, 9.17) is 4.74 Å². The predicted octanol–water partition coefficient (Wildman–Crippen LogP) is 3.71. The molecule has 0 aliphatic heterocycles. The second-order valence-electron chi connectivity index (χ2n) is 4.82. The van der Waals surface area contributed by atoms with Crippen molar-refractivity contribution < 1.29 is 9.53 Å². The van der Waals surface area contributed by atoms with Gasteiger partial charge in [-0.15, -0.1) is 0 Å². The third kappa shape index (κ3) is 3.18. The standard InChI is InChI=1S/C18H15N3O2/c1-23-17-9-5-3-7-14(17)16-10-18(20-12-19-16)21-15-8-4-2-6-13(15)11-22/h2-12H,1H3,(H,19,20,21). The van der Waals surface area contributed by atoms with Crippen molar-refractivity contribution in [1.82, 2.24) is 9.97 Å². The van der Waals surface area contributed by atoms with E-state index < -0.39 is 0 Å². The second kappa shape index (κ2) is 6.70. The molecule has 0 bridgehead atoms. The summed E-state index contributed by atoms with van der Waals surface area (Å²) in [6.45, 7) is 0. The van der Waals surface area contributed by atoms with Crippen molar-refractivity contribution >= 4 is 17.8 Å². The lowest BCUT2D eigenvalue weighted by Gasteiger charge is -2.10. The summed E-state index contributed by atoms with van der Waals surface area (Å²) in [4.78, 5) is 19.6. The Bertz CT molecular complexity index is 834. The molecule has 0 saturated heterocycles. The van der Waals surface area contributed by atoms with Crippen LogP contribution in [0.1, 0.15) is 10.4 Å². The van der Waals surface area contributed by atoms with Gasteiger partial charge in [0.2, 0.25) is 0 Å². The molecule has 0 spiro atoms. The second-order valence-corrected chi connectivity index (χ2v) is 4.82. The number of aromatic nitrogens is 2. The molecule has 114 valence electrons. The van der Waals surface area contributed by atoms with Crippen LogP contribution in [0, 0.1) is 0 Å². The van der Waals surface area contributed by atoms with Gasteiger partial charge in [0.25, 0.3) is 0 Å². The maximum atomic E-state index is 11.1. The monoisotopic (exact) mass is 305 g/mol. The molecule has 1 N–H and O–H groups in total. The van der Waals surface area contributed by atoms with Crippen LogP contribution in [0.15, 0.2) is 60.9 Å². The zero-order chi connectivity index (χ0) is 16.1. The lowest BCUT2D eigenvalue weighted by Crippen LogP contribution is -1.99. The Balaban J connectivity index is 1.96. The Kier molecular flexibility index (Phi) is 4.29.